The van der Waals surface area contributed by atoms with Gasteiger partial charge >= 0.3 is 0 Å². The van der Waals surface area contributed by atoms with Gasteiger partial charge in [-0.05, 0) is 18.4 Å². The fraction of sp³-hybridized carbons (Fsp3) is 0.450. The number of aromatic nitrogens is 2. The van der Waals surface area contributed by atoms with Gasteiger partial charge in [0.15, 0.2) is 5.03 Å². The van der Waals surface area contributed by atoms with Gasteiger partial charge in [0, 0.05) is 32.4 Å². The third-order valence-corrected chi connectivity index (χ3v) is 7.06. The molecule has 10 heteroatoms. The molecule has 2 aliphatic rings. The van der Waals surface area contributed by atoms with Crippen molar-refractivity contribution in [1.29, 1.82) is 0 Å². The highest BCUT2D eigenvalue weighted by Gasteiger charge is 2.42. The van der Waals surface area contributed by atoms with E-state index in [9.17, 15) is 18.0 Å². The molecule has 1 atom stereocenters. The highest BCUT2D eigenvalue weighted by atomic mass is 32.2. The van der Waals surface area contributed by atoms with Gasteiger partial charge in [0.2, 0.25) is 11.8 Å². The Morgan fingerprint density at radius 2 is 1.83 bits per heavy atom. The van der Waals surface area contributed by atoms with Gasteiger partial charge < -0.3 is 4.57 Å². The number of imidazole rings is 1. The van der Waals surface area contributed by atoms with E-state index in [2.05, 4.69) is 9.71 Å². The molecule has 2 fully saturated rings. The maximum Gasteiger partial charge on any atom is 0.259 e. The summed E-state index contributed by atoms with van der Waals surface area (Å²) in [4.78, 5) is 32.5. The molecule has 30 heavy (non-hydrogen) atoms. The number of nitrogens with one attached hydrogen (secondary N) is 1. The molecule has 1 aromatic carbocycles. The van der Waals surface area contributed by atoms with E-state index in [4.69, 9.17) is 0 Å². The lowest BCUT2D eigenvalue weighted by Crippen LogP contribution is -2.50. The molecule has 2 aromatic rings. The first-order valence-electron chi connectivity index (χ1n) is 9.96. The maximum absolute atomic E-state index is 12.9. The molecule has 0 radical (unpaired) electrons. The number of carbonyl (C=O) groups is 2. The van der Waals surface area contributed by atoms with Gasteiger partial charge in [-0.15, -0.1) is 0 Å². The number of amides is 2. The summed E-state index contributed by atoms with van der Waals surface area (Å²) in [6.07, 6.45) is 4.23. The smallest absolute Gasteiger partial charge is 0.259 e. The molecule has 0 unspecified atom stereocenters. The van der Waals surface area contributed by atoms with E-state index in [0.29, 0.717) is 25.9 Å². The van der Waals surface area contributed by atoms with E-state index in [-0.39, 0.29) is 35.8 Å². The molecule has 4 rings (SSSR count). The van der Waals surface area contributed by atoms with E-state index >= 15 is 0 Å². The van der Waals surface area contributed by atoms with Crippen molar-refractivity contribution in [2.24, 2.45) is 7.05 Å². The predicted molar refractivity (Wildman–Crippen MR) is 109 cm³/mol. The second-order valence-corrected chi connectivity index (χ2v) is 9.49. The van der Waals surface area contributed by atoms with Crippen molar-refractivity contribution in [3.63, 3.8) is 0 Å². The van der Waals surface area contributed by atoms with Crippen molar-refractivity contribution >= 4 is 21.8 Å². The van der Waals surface area contributed by atoms with E-state index < -0.39 is 16.1 Å². The van der Waals surface area contributed by atoms with Crippen LogP contribution in [0, 0.1) is 0 Å². The molecular weight excluding hydrogens is 406 g/mol. The van der Waals surface area contributed by atoms with Crippen LogP contribution in [0.1, 0.15) is 24.8 Å². The first-order valence-corrected chi connectivity index (χ1v) is 11.4. The average molecular weight is 432 g/mol. The molecule has 3 heterocycles. The molecular formula is C20H25N5O4S. The Balaban J connectivity index is 1.34. The van der Waals surface area contributed by atoms with Crippen LogP contribution in [0.5, 0.6) is 0 Å². The fourth-order valence-corrected chi connectivity index (χ4v) is 5.31. The van der Waals surface area contributed by atoms with Crippen molar-refractivity contribution in [2.45, 2.75) is 42.9 Å². The SMILES string of the molecule is Cn1cnc(S(=O)(=O)NC2CCN([C@@H]3CC(=O)N(Cc4ccccc4)C3=O)CC2)c1. The number of aryl methyl sites for hydroxylation is 1. The highest BCUT2D eigenvalue weighted by Crippen LogP contribution is 2.24. The zero-order valence-corrected chi connectivity index (χ0v) is 17.6. The standard InChI is InChI=1S/C20H25N5O4S/c1-23-13-18(21-14-23)30(28,29)22-16-7-9-24(10-8-16)17-11-19(26)25(20(17)27)12-15-5-3-2-4-6-15/h2-6,13-14,16-17,22H,7-12H2,1H3/t17-/m1/s1. The molecule has 0 aliphatic carbocycles. The Labute approximate surface area is 175 Å². The normalized spacial score (nSPS) is 21.5. The summed E-state index contributed by atoms with van der Waals surface area (Å²) in [7, 11) is -1.95. The van der Waals surface area contributed by atoms with E-state index in [1.54, 1.807) is 11.6 Å². The molecule has 2 aliphatic heterocycles. The summed E-state index contributed by atoms with van der Waals surface area (Å²) in [5, 5.41) is 0.000510. The minimum absolute atomic E-state index is 0.000510. The van der Waals surface area contributed by atoms with Crippen LogP contribution in [0.15, 0.2) is 47.9 Å². The van der Waals surface area contributed by atoms with Gasteiger partial charge in [-0.2, -0.15) is 0 Å². The number of carbonyl (C=O) groups excluding carboxylic acids is 2. The predicted octanol–water partition coefficient (Wildman–Crippen LogP) is 0.491. The summed E-state index contributed by atoms with van der Waals surface area (Å²) in [6.45, 7) is 1.39. The zero-order valence-electron chi connectivity index (χ0n) is 16.8. The summed E-state index contributed by atoms with van der Waals surface area (Å²) >= 11 is 0. The van der Waals surface area contributed by atoms with Crippen LogP contribution in [0.25, 0.3) is 0 Å². The van der Waals surface area contributed by atoms with Crippen LogP contribution in [0.3, 0.4) is 0 Å². The van der Waals surface area contributed by atoms with Gasteiger partial charge in [-0.3, -0.25) is 19.4 Å². The lowest BCUT2D eigenvalue weighted by Gasteiger charge is -2.34. The van der Waals surface area contributed by atoms with Gasteiger partial charge in [0.1, 0.15) is 0 Å². The van der Waals surface area contributed by atoms with Crippen LogP contribution >= 0.6 is 0 Å². The highest BCUT2D eigenvalue weighted by molar-refractivity contribution is 7.89. The van der Waals surface area contributed by atoms with Crippen LogP contribution < -0.4 is 4.72 Å². The van der Waals surface area contributed by atoms with Crippen molar-refractivity contribution in [3.8, 4) is 0 Å². The van der Waals surface area contributed by atoms with Gasteiger partial charge in [-0.25, -0.2) is 18.1 Å². The van der Waals surface area contributed by atoms with Crippen LogP contribution in [-0.2, 0) is 33.2 Å². The Kier molecular flexibility index (Phi) is 5.72. The Morgan fingerprint density at radius 3 is 2.47 bits per heavy atom. The summed E-state index contributed by atoms with van der Waals surface area (Å²) in [6, 6.07) is 8.77. The Bertz CT molecular complexity index is 1030. The third kappa shape index (κ3) is 4.30. The molecule has 9 nitrogen and oxygen atoms in total. The minimum Gasteiger partial charge on any atom is -0.339 e. The summed E-state index contributed by atoms with van der Waals surface area (Å²) < 4.78 is 29.2. The molecule has 1 aromatic heterocycles. The molecule has 1 N–H and O–H groups in total. The molecule has 0 bridgehead atoms. The Morgan fingerprint density at radius 1 is 1.13 bits per heavy atom. The molecule has 2 amide bonds. The first kappa shape index (κ1) is 20.7. The minimum atomic E-state index is -3.67. The maximum atomic E-state index is 12.9. The first-order chi connectivity index (χ1) is 14.3. The molecule has 0 saturated carbocycles. The monoisotopic (exact) mass is 431 g/mol. The largest absolute Gasteiger partial charge is 0.339 e. The second-order valence-electron chi connectivity index (χ2n) is 7.83. The van der Waals surface area contributed by atoms with Crippen molar-refractivity contribution in [2.75, 3.05) is 13.1 Å². The number of piperidine rings is 1. The third-order valence-electron chi connectivity index (χ3n) is 5.65. The Hall–Kier alpha value is -2.56. The number of nitrogens with zero attached hydrogens (tertiary/aromatic N) is 4. The summed E-state index contributed by atoms with van der Waals surface area (Å²) in [5.74, 6) is -0.330. The van der Waals surface area contributed by atoms with Crippen LogP contribution in [-0.4, -0.2) is 64.8 Å². The number of benzene rings is 1. The van der Waals surface area contributed by atoms with E-state index in [1.165, 1.54) is 17.4 Å². The van der Waals surface area contributed by atoms with E-state index in [0.717, 1.165) is 5.56 Å². The number of hydrogen-bond donors (Lipinski definition) is 1. The number of imide groups is 1. The molecule has 160 valence electrons. The molecule has 2 saturated heterocycles. The number of hydrogen-bond acceptors (Lipinski definition) is 6. The van der Waals surface area contributed by atoms with Crippen molar-refractivity contribution in [3.05, 3.63) is 48.4 Å². The van der Waals surface area contributed by atoms with Crippen molar-refractivity contribution < 1.29 is 18.0 Å². The molecule has 0 spiro atoms. The fourth-order valence-electron chi connectivity index (χ4n) is 4.02. The number of sulfonamides is 1. The van der Waals surface area contributed by atoms with Gasteiger partial charge in [0.05, 0.1) is 25.3 Å². The number of likely N-dealkylation sites (tertiary alicyclic amines) is 2. The van der Waals surface area contributed by atoms with Crippen molar-refractivity contribution in [1.82, 2.24) is 24.1 Å². The quantitative estimate of drug-likeness (QED) is 0.668. The van der Waals surface area contributed by atoms with Crippen LogP contribution in [0.2, 0.25) is 0 Å². The van der Waals surface area contributed by atoms with Crippen LogP contribution in [0.4, 0.5) is 0 Å². The second kappa shape index (κ2) is 8.29. The topological polar surface area (TPSA) is 105 Å². The zero-order chi connectivity index (χ0) is 21.3. The lowest BCUT2D eigenvalue weighted by molar-refractivity contribution is -0.140. The number of rotatable bonds is 6. The van der Waals surface area contributed by atoms with Gasteiger partial charge in [-0.1, -0.05) is 30.3 Å². The lowest BCUT2D eigenvalue weighted by atomic mass is 10.0. The van der Waals surface area contributed by atoms with Gasteiger partial charge in [0.25, 0.3) is 10.0 Å². The van der Waals surface area contributed by atoms with E-state index in [1.807, 2.05) is 35.2 Å². The average Bonchev–Trinajstić information content (AvgIpc) is 3.28. The summed E-state index contributed by atoms with van der Waals surface area (Å²) in [5.41, 5.74) is 0.919.